The summed E-state index contributed by atoms with van der Waals surface area (Å²) >= 11 is 0. The predicted octanol–water partition coefficient (Wildman–Crippen LogP) is 11.4. The molecule has 286 valence electrons. The Bertz CT molecular complexity index is 2100. The van der Waals surface area contributed by atoms with E-state index < -0.39 is 35.2 Å². The summed E-state index contributed by atoms with van der Waals surface area (Å²) in [6, 6.07) is 13.9. The third-order valence-corrected chi connectivity index (χ3v) is 10.7. The number of carbonyl (C=O) groups excluding carboxylic acids is 2. The Kier molecular flexibility index (Phi) is 11.9. The summed E-state index contributed by atoms with van der Waals surface area (Å²) in [7, 11) is 5.45. The van der Waals surface area contributed by atoms with Crippen molar-refractivity contribution in [3.63, 3.8) is 0 Å². The summed E-state index contributed by atoms with van der Waals surface area (Å²) in [4.78, 5) is 24.0. The minimum Gasteiger partial charge on any atom is -0.497 e. The lowest BCUT2D eigenvalue weighted by molar-refractivity contribution is 0.0591. The van der Waals surface area contributed by atoms with Crippen LogP contribution in [0.4, 0.5) is 17.6 Å². The topological polar surface area (TPSA) is 71.1 Å². The van der Waals surface area contributed by atoms with E-state index in [0.29, 0.717) is 22.6 Å². The molecule has 1 unspecified atom stereocenters. The normalized spacial score (nSPS) is 16.9. The first-order chi connectivity index (χ1) is 25.6. The van der Waals surface area contributed by atoms with E-state index in [-0.39, 0.29) is 50.1 Å². The number of carbonyl (C=O) groups is 2. The summed E-state index contributed by atoms with van der Waals surface area (Å²) in [5.41, 5.74) is 2.54. The van der Waals surface area contributed by atoms with Gasteiger partial charge in [-0.05, 0) is 120 Å². The van der Waals surface area contributed by atoms with Gasteiger partial charge in [0.25, 0.3) is 0 Å². The molecule has 1 atom stereocenters. The van der Waals surface area contributed by atoms with E-state index >= 15 is 8.78 Å². The molecule has 54 heavy (non-hydrogen) atoms. The van der Waals surface area contributed by atoms with Gasteiger partial charge in [0.1, 0.15) is 34.8 Å². The number of esters is 2. The molecule has 2 aliphatic carbocycles. The fraction of sp³-hybridized carbons (Fsp3) is 0.364. The predicted molar refractivity (Wildman–Crippen MR) is 201 cm³/mol. The first kappa shape index (κ1) is 40.1. The number of benzene rings is 4. The molecule has 0 saturated heterocycles. The molecule has 0 amide bonds. The Morgan fingerprint density at radius 1 is 0.630 bits per heavy atom. The standard InChI is InChI=1S/C22H24F2O3.C22H22F2O3/c2*1-22(2)9-5-6-17(22)15-10-13(21(25)27-4)11-19(24)20(15)16-12-14(26-3)7-8-18(16)23/h7-8,10-12,17H,5-6,9H2,1-4H3;6-8,10-12H,5,9H2,1-4H3. The fourth-order valence-corrected chi connectivity index (χ4v) is 7.76. The molecule has 4 aromatic rings. The average molecular weight is 747 g/mol. The van der Waals surface area contributed by atoms with Crippen LogP contribution < -0.4 is 9.47 Å². The highest BCUT2D eigenvalue weighted by molar-refractivity contribution is 5.94. The molecule has 0 aliphatic heterocycles. The van der Waals surface area contributed by atoms with Crippen LogP contribution >= 0.6 is 0 Å². The molecule has 0 heterocycles. The Labute approximate surface area is 314 Å². The Balaban J connectivity index is 0.000000208. The smallest absolute Gasteiger partial charge is 0.337 e. The lowest BCUT2D eigenvalue weighted by Gasteiger charge is -2.30. The van der Waals surface area contributed by atoms with E-state index in [4.69, 9.17) is 18.9 Å². The highest BCUT2D eigenvalue weighted by Crippen LogP contribution is 2.52. The van der Waals surface area contributed by atoms with E-state index in [1.165, 1.54) is 64.8 Å². The molecule has 6 rings (SSSR count). The van der Waals surface area contributed by atoms with Crippen LogP contribution in [0.25, 0.3) is 27.8 Å². The summed E-state index contributed by atoms with van der Waals surface area (Å²) < 4.78 is 79.5. The largest absolute Gasteiger partial charge is 0.497 e. The van der Waals surface area contributed by atoms with Gasteiger partial charge in [-0.2, -0.15) is 0 Å². The SMILES string of the molecule is COC(=O)c1cc(F)c(-c2cc(OC)ccc2F)c(C2=CCCC2(C)C)c1.COC(=O)c1cc(F)c(-c2cc(OC)ccc2F)c(C2CCCC2(C)C)c1. The zero-order valence-corrected chi connectivity index (χ0v) is 31.9. The molecule has 1 saturated carbocycles. The van der Waals surface area contributed by atoms with E-state index in [1.807, 2.05) is 6.08 Å². The molecule has 0 N–H and O–H groups in total. The minimum absolute atomic E-state index is 0.0113. The van der Waals surface area contributed by atoms with Crippen molar-refractivity contribution in [1.82, 2.24) is 0 Å². The van der Waals surface area contributed by atoms with Crippen molar-refractivity contribution in [3.8, 4) is 33.8 Å². The van der Waals surface area contributed by atoms with Crippen molar-refractivity contribution in [2.45, 2.75) is 65.7 Å². The minimum atomic E-state index is -0.677. The van der Waals surface area contributed by atoms with Crippen molar-refractivity contribution in [2.24, 2.45) is 10.8 Å². The van der Waals surface area contributed by atoms with Crippen LogP contribution in [0.2, 0.25) is 0 Å². The molecule has 0 radical (unpaired) electrons. The monoisotopic (exact) mass is 746 g/mol. The van der Waals surface area contributed by atoms with Gasteiger partial charge in [0.2, 0.25) is 0 Å². The number of methoxy groups -OCH3 is 4. The summed E-state index contributed by atoms with van der Waals surface area (Å²) in [5.74, 6) is -2.76. The quantitative estimate of drug-likeness (QED) is 0.132. The third-order valence-electron chi connectivity index (χ3n) is 10.7. The second kappa shape index (κ2) is 16.1. The number of allylic oxidation sites excluding steroid dienone is 2. The van der Waals surface area contributed by atoms with E-state index in [9.17, 15) is 18.4 Å². The first-order valence-electron chi connectivity index (χ1n) is 17.8. The molecule has 0 bridgehead atoms. The lowest BCUT2D eigenvalue weighted by atomic mass is 9.75. The van der Waals surface area contributed by atoms with Crippen LogP contribution in [0.1, 0.15) is 97.6 Å². The van der Waals surface area contributed by atoms with Crippen LogP contribution in [0.5, 0.6) is 11.5 Å². The van der Waals surface area contributed by atoms with Crippen LogP contribution in [-0.2, 0) is 9.47 Å². The Morgan fingerprint density at radius 3 is 1.61 bits per heavy atom. The van der Waals surface area contributed by atoms with Crippen LogP contribution in [0.3, 0.4) is 0 Å². The summed E-state index contributed by atoms with van der Waals surface area (Å²) in [5, 5.41) is 0. The first-order valence-corrected chi connectivity index (χ1v) is 17.8. The van der Waals surface area contributed by atoms with E-state index in [1.54, 1.807) is 12.1 Å². The fourth-order valence-electron chi connectivity index (χ4n) is 7.76. The number of hydrogen-bond acceptors (Lipinski definition) is 6. The van der Waals surface area contributed by atoms with Crippen molar-refractivity contribution >= 4 is 17.5 Å². The summed E-state index contributed by atoms with van der Waals surface area (Å²) in [6.45, 7) is 8.36. The zero-order chi connectivity index (χ0) is 39.5. The molecule has 0 aromatic heterocycles. The Morgan fingerprint density at radius 2 is 1.15 bits per heavy atom. The van der Waals surface area contributed by atoms with Crippen LogP contribution in [-0.4, -0.2) is 40.4 Å². The maximum atomic E-state index is 15.2. The number of rotatable bonds is 8. The molecular weight excluding hydrogens is 700 g/mol. The zero-order valence-electron chi connectivity index (χ0n) is 31.9. The highest BCUT2D eigenvalue weighted by Gasteiger charge is 2.38. The van der Waals surface area contributed by atoms with Crippen molar-refractivity contribution in [3.05, 3.63) is 112 Å². The van der Waals surface area contributed by atoms with Crippen LogP contribution in [0, 0.1) is 34.1 Å². The molecule has 2 aliphatic rings. The van der Waals surface area contributed by atoms with Gasteiger partial charge >= 0.3 is 11.9 Å². The van der Waals surface area contributed by atoms with Crippen molar-refractivity contribution in [2.75, 3.05) is 28.4 Å². The van der Waals surface area contributed by atoms with Gasteiger partial charge in [0.15, 0.2) is 0 Å². The van der Waals surface area contributed by atoms with Gasteiger partial charge in [0, 0.05) is 22.3 Å². The Hall–Kier alpha value is -5.12. The second-order valence-electron chi connectivity index (χ2n) is 15.0. The molecule has 1 fully saturated rings. The van der Waals surface area contributed by atoms with Gasteiger partial charge in [-0.25, -0.2) is 27.2 Å². The highest BCUT2D eigenvalue weighted by atomic mass is 19.1. The molecule has 10 heteroatoms. The van der Waals surface area contributed by atoms with Crippen LogP contribution in [0.15, 0.2) is 66.7 Å². The molecule has 6 nitrogen and oxygen atoms in total. The average Bonchev–Trinajstić information content (AvgIpc) is 3.70. The van der Waals surface area contributed by atoms with E-state index in [0.717, 1.165) is 49.8 Å². The van der Waals surface area contributed by atoms with Gasteiger partial charge in [-0.3, -0.25) is 0 Å². The third kappa shape index (κ3) is 8.03. The van der Waals surface area contributed by atoms with E-state index in [2.05, 4.69) is 27.7 Å². The van der Waals surface area contributed by atoms with Crippen molar-refractivity contribution < 1.29 is 46.1 Å². The molecule has 4 aromatic carbocycles. The summed E-state index contributed by atoms with van der Waals surface area (Å²) in [6.07, 6.45) is 6.61. The maximum Gasteiger partial charge on any atom is 0.337 e. The lowest BCUT2D eigenvalue weighted by Crippen LogP contribution is -2.18. The van der Waals surface area contributed by atoms with Crippen molar-refractivity contribution in [1.29, 1.82) is 0 Å². The van der Waals surface area contributed by atoms with Gasteiger partial charge < -0.3 is 18.9 Å². The number of halogens is 4. The maximum absolute atomic E-state index is 15.2. The van der Waals surface area contributed by atoms with Gasteiger partial charge in [0.05, 0.1) is 39.6 Å². The molecular formula is C44H46F4O6. The number of ether oxygens (including phenoxy) is 4. The van der Waals surface area contributed by atoms with Gasteiger partial charge in [-0.15, -0.1) is 0 Å². The number of hydrogen-bond donors (Lipinski definition) is 0. The van der Waals surface area contributed by atoms with Gasteiger partial charge in [-0.1, -0.05) is 40.2 Å². The second-order valence-corrected chi connectivity index (χ2v) is 15.0. The molecule has 0 spiro atoms.